The predicted molar refractivity (Wildman–Crippen MR) is 49.0 cm³/mol. The molecule has 3 atom stereocenters. The van der Waals surface area contributed by atoms with Crippen LogP contribution in [0.25, 0.3) is 0 Å². The van der Waals surface area contributed by atoms with Crippen molar-refractivity contribution in [3.05, 3.63) is 12.2 Å². The van der Waals surface area contributed by atoms with Gasteiger partial charge in [0.15, 0.2) is 0 Å². The molecule has 1 heterocycles. The molecule has 1 rings (SSSR count). The molecular formula is C10H18O2. The maximum atomic E-state index is 8.74. The lowest BCUT2D eigenvalue weighted by Gasteiger charge is -2.00. The maximum Gasteiger partial charge on any atom is 0.0873 e. The SMILES string of the molecule is CC(CO)CC=CCC1OC1C. The van der Waals surface area contributed by atoms with Crippen molar-refractivity contribution < 1.29 is 9.84 Å². The highest BCUT2D eigenvalue weighted by molar-refractivity contribution is 4.92. The average molecular weight is 170 g/mol. The summed E-state index contributed by atoms with van der Waals surface area (Å²) in [6.45, 7) is 4.41. The van der Waals surface area contributed by atoms with Gasteiger partial charge in [0.25, 0.3) is 0 Å². The lowest BCUT2D eigenvalue weighted by Crippen LogP contribution is -1.97. The number of epoxide rings is 1. The maximum absolute atomic E-state index is 8.74. The molecule has 0 saturated carbocycles. The highest BCUT2D eigenvalue weighted by Crippen LogP contribution is 2.24. The second-order valence-electron chi connectivity index (χ2n) is 3.61. The normalized spacial score (nSPS) is 30.9. The lowest BCUT2D eigenvalue weighted by atomic mass is 10.1. The molecule has 2 nitrogen and oxygen atoms in total. The Balaban J connectivity index is 1.98. The smallest absolute Gasteiger partial charge is 0.0873 e. The van der Waals surface area contributed by atoms with Crippen LogP contribution in [0.1, 0.15) is 26.7 Å². The van der Waals surface area contributed by atoms with Crippen LogP contribution in [0.15, 0.2) is 12.2 Å². The second kappa shape index (κ2) is 4.63. The minimum Gasteiger partial charge on any atom is -0.396 e. The molecule has 2 heteroatoms. The van der Waals surface area contributed by atoms with E-state index in [-0.39, 0.29) is 6.61 Å². The largest absolute Gasteiger partial charge is 0.396 e. The lowest BCUT2D eigenvalue weighted by molar-refractivity contribution is 0.239. The van der Waals surface area contributed by atoms with E-state index in [0.717, 1.165) is 12.8 Å². The first-order valence-corrected chi connectivity index (χ1v) is 4.65. The number of allylic oxidation sites excluding steroid dienone is 1. The molecule has 0 radical (unpaired) electrons. The number of aliphatic hydroxyl groups excluding tert-OH is 1. The van der Waals surface area contributed by atoms with Gasteiger partial charge in [-0.2, -0.15) is 0 Å². The highest BCUT2D eigenvalue weighted by Gasteiger charge is 2.32. The molecule has 70 valence electrons. The number of hydrogen-bond acceptors (Lipinski definition) is 2. The third kappa shape index (κ3) is 3.37. The minimum absolute atomic E-state index is 0.278. The first kappa shape index (κ1) is 9.75. The van der Waals surface area contributed by atoms with Gasteiger partial charge in [-0.3, -0.25) is 0 Å². The van der Waals surface area contributed by atoms with E-state index in [1.807, 2.05) is 6.92 Å². The summed E-state index contributed by atoms with van der Waals surface area (Å²) >= 11 is 0. The van der Waals surface area contributed by atoms with Crippen LogP contribution >= 0.6 is 0 Å². The zero-order valence-electron chi connectivity index (χ0n) is 7.86. The van der Waals surface area contributed by atoms with Crippen LogP contribution in [-0.2, 0) is 4.74 Å². The summed E-state index contributed by atoms with van der Waals surface area (Å²) in [7, 11) is 0. The van der Waals surface area contributed by atoms with E-state index in [1.165, 1.54) is 0 Å². The standard InChI is InChI=1S/C10H18O2/c1-8(7-11)5-3-4-6-10-9(2)12-10/h3-4,8-11H,5-7H2,1-2H3. The van der Waals surface area contributed by atoms with Crippen molar-refractivity contribution in [1.29, 1.82) is 0 Å². The minimum atomic E-state index is 0.278. The van der Waals surface area contributed by atoms with Crippen LogP contribution in [0.4, 0.5) is 0 Å². The molecule has 1 aliphatic rings. The van der Waals surface area contributed by atoms with E-state index in [0.29, 0.717) is 18.1 Å². The van der Waals surface area contributed by atoms with Crippen molar-refractivity contribution in [2.75, 3.05) is 6.61 Å². The Bertz CT molecular complexity index is 146. The number of hydrogen-bond donors (Lipinski definition) is 1. The van der Waals surface area contributed by atoms with Crippen molar-refractivity contribution in [3.8, 4) is 0 Å². The first-order valence-electron chi connectivity index (χ1n) is 4.65. The van der Waals surface area contributed by atoms with Crippen LogP contribution < -0.4 is 0 Å². The van der Waals surface area contributed by atoms with Crippen LogP contribution in [0.2, 0.25) is 0 Å². The van der Waals surface area contributed by atoms with Crippen LogP contribution in [0.3, 0.4) is 0 Å². The van der Waals surface area contributed by atoms with Crippen molar-refractivity contribution in [2.24, 2.45) is 5.92 Å². The molecule has 0 aromatic carbocycles. The van der Waals surface area contributed by atoms with Crippen LogP contribution in [0, 0.1) is 5.92 Å². The van der Waals surface area contributed by atoms with Crippen molar-refractivity contribution in [2.45, 2.75) is 38.9 Å². The van der Waals surface area contributed by atoms with E-state index < -0.39 is 0 Å². The van der Waals surface area contributed by atoms with E-state index in [4.69, 9.17) is 9.84 Å². The molecule has 1 fully saturated rings. The Morgan fingerprint density at radius 3 is 2.67 bits per heavy atom. The summed E-state index contributed by atoms with van der Waals surface area (Å²) in [6, 6.07) is 0. The average Bonchev–Trinajstić information content (AvgIpc) is 2.75. The molecule has 0 bridgehead atoms. The van der Waals surface area contributed by atoms with E-state index in [9.17, 15) is 0 Å². The van der Waals surface area contributed by atoms with Gasteiger partial charge in [-0.25, -0.2) is 0 Å². The fraction of sp³-hybridized carbons (Fsp3) is 0.800. The molecule has 3 unspecified atom stereocenters. The van der Waals surface area contributed by atoms with Gasteiger partial charge in [-0.1, -0.05) is 19.1 Å². The summed E-state index contributed by atoms with van der Waals surface area (Å²) in [6.07, 6.45) is 7.21. The summed E-state index contributed by atoms with van der Waals surface area (Å²) in [4.78, 5) is 0. The third-order valence-corrected chi connectivity index (χ3v) is 2.22. The Labute approximate surface area is 74.2 Å². The predicted octanol–water partition coefficient (Wildman–Crippen LogP) is 1.74. The Morgan fingerprint density at radius 2 is 2.17 bits per heavy atom. The Hall–Kier alpha value is -0.340. The molecule has 0 aromatic rings. The number of aliphatic hydroxyl groups is 1. The number of ether oxygens (including phenoxy) is 1. The Morgan fingerprint density at radius 1 is 1.50 bits per heavy atom. The quantitative estimate of drug-likeness (QED) is 0.503. The zero-order chi connectivity index (χ0) is 8.97. The topological polar surface area (TPSA) is 32.8 Å². The van der Waals surface area contributed by atoms with Crippen molar-refractivity contribution >= 4 is 0 Å². The van der Waals surface area contributed by atoms with Gasteiger partial charge < -0.3 is 9.84 Å². The van der Waals surface area contributed by atoms with Gasteiger partial charge in [0.1, 0.15) is 0 Å². The van der Waals surface area contributed by atoms with Gasteiger partial charge in [-0.15, -0.1) is 0 Å². The van der Waals surface area contributed by atoms with Gasteiger partial charge in [0.2, 0.25) is 0 Å². The third-order valence-electron chi connectivity index (χ3n) is 2.22. The summed E-state index contributed by atoms with van der Waals surface area (Å²) < 4.78 is 5.25. The second-order valence-corrected chi connectivity index (χ2v) is 3.61. The van der Waals surface area contributed by atoms with E-state index >= 15 is 0 Å². The van der Waals surface area contributed by atoms with E-state index in [1.54, 1.807) is 0 Å². The molecule has 1 aliphatic heterocycles. The first-order chi connectivity index (χ1) is 5.74. The van der Waals surface area contributed by atoms with Gasteiger partial charge in [-0.05, 0) is 25.7 Å². The highest BCUT2D eigenvalue weighted by atomic mass is 16.6. The molecule has 0 aliphatic carbocycles. The molecule has 1 N–H and O–H groups in total. The van der Waals surface area contributed by atoms with Gasteiger partial charge in [0, 0.05) is 6.61 Å². The molecule has 0 spiro atoms. The molecule has 1 saturated heterocycles. The Kier molecular flexibility index (Phi) is 3.76. The molecule has 0 aromatic heterocycles. The number of rotatable bonds is 5. The van der Waals surface area contributed by atoms with Crippen molar-refractivity contribution in [1.82, 2.24) is 0 Å². The summed E-state index contributed by atoms with van der Waals surface area (Å²) in [5.74, 6) is 0.388. The molecule has 0 amide bonds. The fourth-order valence-corrected chi connectivity index (χ4v) is 1.11. The monoisotopic (exact) mass is 170 g/mol. The van der Waals surface area contributed by atoms with Gasteiger partial charge in [0.05, 0.1) is 12.2 Å². The van der Waals surface area contributed by atoms with Crippen molar-refractivity contribution in [3.63, 3.8) is 0 Å². The molecular weight excluding hydrogens is 152 g/mol. The van der Waals surface area contributed by atoms with Crippen LogP contribution in [-0.4, -0.2) is 23.9 Å². The van der Waals surface area contributed by atoms with Crippen LogP contribution in [0.5, 0.6) is 0 Å². The fourth-order valence-electron chi connectivity index (χ4n) is 1.11. The summed E-state index contributed by atoms with van der Waals surface area (Å²) in [5, 5.41) is 8.74. The summed E-state index contributed by atoms with van der Waals surface area (Å²) in [5.41, 5.74) is 0. The van der Waals surface area contributed by atoms with E-state index in [2.05, 4.69) is 19.1 Å². The zero-order valence-corrected chi connectivity index (χ0v) is 7.86. The molecule has 12 heavy (non-hydrogen) atoms. The van der Waals surface area contributed by atoms with Gasteiger partial charge >= 0.3 is 0 Å².